The maximum absolute atomic E-state index is 5.26. The fourth-order valence-corrected chi connectivity index (χ4v) is 3.28. The third-order valence-corrected chi connectivity index (χ3v) is 4.87. The van der Waals surface area contributed by atoms with Crippen LogP contribution in [-0.2, 0) is 0 Å². The van der Waals surface area contributed by atoms with Gasteiger partial charge in [0.25, 0.3) is 0 Å². The summed E-state index contributed by atoms with van der Waals surface area (Å²) in [5, 5.41) is 7.82. The lowest BCUT2D eigenvalue weighted by Gasteiger charge is -2.09. The second-order valence-corrected chi connectivity index (χ2v) is 7.48. The van der Waals surface area contributed by atoms with E-state index >= 15 is 0 Å². The molecule has 2 aromatic carbocycles. The van der Waals surface area contributed by atoms with Gasteiger partial charge in [0.05, 0.1) is 6.21 Å². The molecule has 0 bridgehead atoms. The number of hydrogen-bond acceptors (Lipinski definition) is 2. The maximum atomic E-state index is 5.26. The first-order valence-electron chi connectivity index (χ1n) is 8.14. The van der Waals surface area contributed by atoms with Crippen LogP contribution in [-0.4, -0.2) is 15.9 Å². The third-order valence-electron chi connectivity index (χ3n) is 3.96. The van der Waals surface area contributed by atoms with Gasteiger partial charge in [0.1, 0.15) is 0 Å². The molecule has 132 valence electrons. The minimum atomic E-state index is 0.457. The Morgan fingerprint density at radius 3 is 2.46 bits per heavy atom. The van der Waals surface area contributed by atoms with Crippen molar-refractivity contribution < 1.29 is 0 Å². The van der Waals surface area contributed by atoms with Crippen molar-refractivity contribution in [2.75, 3.05) is 5.32 Å². The summed E-state index contributed by atoms with van der Waals surface area (Å²) in [6, 6.07) is 20.4. The van der Waals surface area contributed by atoms with Gasteiger partial charge in [-0.3, -0.25) is 5.43 Å². The molecule has 6 heteroatoms. The molecule has 3 aromatic rings. The second-order valence-electron chi connectivity index (χ2n) is 5.83. The van der Waals surface area contributed by atoms with Gasteiger partial charge in [0.2, 0.25) is 0 Å². The lowest BCUT2D eigenvalue weighted by molar-refractivity contribution is 0.963. The summed E-state index contributed by atoms with van der Waals surface area (Å²) in [6.45, 7) is 4.18. The molecule has 0 aliphatic rings. The van der Waals surface area contributed by atoms with Crippen LogP contribution in [0.5, 0.6) is 0 Å². The maximum Gasteiger partial charge on any atom is 0.191 e. The zero-order valence-electron chi connectivity index (χ0n) is 14.5. The summed E-state index contributed by atoms with van der Waals surface area (Å²) in [6.07, 6.45) is 1.80. The van der Waals surface area contributed by atoms with Gasteiger partial charge < -0.3 is 9.88 Å². The minimum absolute atomic E-state index is 0.457. The van der Waals surface area contributed by atoms with Gasteiger partial charge in [-0.05, 0) is 91.1 Å². The Balaban J connectivity index is 1.70. The molecule has 0 saturated heterocycles. The summed E-state index contributed by atoms with van der Waals surface area (Å²) in [5.74, 6) is 0. The van der Waals surface area contributed by atoms with E-state index in [1.165, 1.54) is 3.57 Å². The molecular weight excluding hydrogens is 455 g/mol. The molecule has 0 atom stereocenters. The Morgan fingerprint density at radius 2 is 1.77 bits per heavy atom. The number of thiocarbonyl (C=S) groups is 1. The van der Waals surface area contributed by atoms with Gasteiger partial charge >= 0.3 is 0 Å². The number of hydrazone groups is 1. The van der Waals surface area contributed by atoms with Crippen LogP contribution in [0.1, 0.15) is 17.0 Å². The van der Waals surface area contributed by atoms with Crippen LogP contribution in [0.4, 0.5) is 5.69 Å². The zero-order valence-corrected chi connectivity index (χ0v) is 17.5. The van der Waals surface area contributed by atoms with Gasteiger partial charge in [-0.1, -0.05) is 18.2 Å². The van der Waals surface area contributed by atoms with E-state index in [-0.39, 0.29) is 0 Å². The van der Waals surface area contributed by atoms with E-state index in [1.807, 2.05) is 30.3 Å². The smallest absolute Gasteiger partial charge is 0.191 e. The Kier molecular flexibility index (Phi) is 6.05. The summed E-state index contributed by atoms with van der Waals surface area (Å²) < 4.78 is 3.44. The highest BCUT2D eigenvalue weighted by Crippen LogP contribution is 2.20. The highest BCUT2D eigenvalue weighted by Gasteiger charge is 2.09. The van der Waals surface area contributed by atoms with Crippen molar-refractivity contribution in [3.63, 3.8) is 0 Å². The average Bonchev–Trinajstić information content (AvgIpc) is 2.90. The van der Waals surface area contributed by atoms with E-state index in [4.69, 9.17) is 12.2 Å². The number of anilines is 1. The van der Waals surface area contributed by atoms with Crippen LogP contribution >= 0.6 is 34.8 Å². The molecule has 0 amide bonds. The SMILES string of the molecule is Cc1cc(/C=N\NC(=S)Nc2ccccc2)c(C)n1-c1ccc(I)cc1. The quantitative estimate of drug-likeness (QED) is 0.242. The molecule has 0 radical (unpaired) electrons. The topological polar surface area (TPSA) is 41.4 Å². The number of hydrogen-bond donors (Lipinski definition) is 2. The molecular formula is C20H19IN4S. The van der Waals surface area contributed by atoms with Crippen molar-refractivity contribution >= 4 is 51.8 Å². The first kappa shape index (κ1) is 18.6. The van der Waals surface area contributed by atoms with E-state index in [1.54, 1.807) is 6.21 Å². The van der Waals surface area contributed by atoms with Gasteiger partial charge in [-0.25, -0.2) is 0 Å². The average molecular weight is 474 g/mol. The lowest BCUT2D eigenvalue weighted by Crippen LogP contribution is -2.23. The molecule has 3 rings (SSSR count). The number of nitrogens with zero attached hydrogens (tertiary/aromatic N) is 2. The Bertz CT molecular complexity index is 930. The minimum Gasteiger partial charge on any atom is -0.331 e. The summed E-state index contributed by atoms with van der Waals surface area (Å²) >= 11 is 7.58. The van der Waals surface area contributed by atoms with Crippen LogP contribution in [0, 0.1) is 17.4 Å². The zero-order chi connectivity index (χ0) is 18.5. The Labute approximate surface area is 172 Å². The highest BCUT2D eigenvalue weighted by atomic mass is 127. The largest absolute Gasteiger partial charge is 0.331 e. The van der Waals surface area contributed by atoms with E-state index < -0.39 is 0 Å². The van der Waals surface area contributed by atoms with Gasteiger partial charge in [0.15, 0.2) is 5.11 Å². The van der Waals surface area contributed by atoms with Crippen molar-refractivity contribution in [3.8, 4) is 5.69 Å². The van der Waals surface area contributed by atoms with Gasteiger partial charge in [-0.2, -0.15) is 5.10 Å². The highest BCUT2D eigenvalue weighted by molar-refractivity contribution is 14.1. The van der Waals surface area contributed by atoms with E-state index in [2.05, 4.69) is 87.2 Å². The number of nitrogens with one attached hydrogen (secondary N) is 2. The first-order chi connectivity index (χ1) is 12.5. The van der Waals surface area contributed by atoms with E-state index in [9.17, 15) is 0 Å². The van der Waals surface area contributed by atoms with Gasteiger partial charge in [-0.15, -0.1) is 0 Å². The molecule has 2 N–H and O–H groups in total. The van der Waals surface area contributed by atoms with Crippen LogP contribution in [0.25, 0.3) is 5.69 Å². The molecule has 0 unspecified atom stereocenters. The number of aryl methyl sites for hydroxylation is 1. The molecule has 4 nitrogen and oxygen atoms in total. The van der Waals surface area contributed by atoms with Crippen molar-refractivity contribution in [1.82, 2.24) is 9.99 Å². The van der Waals surface area contributed by atoms with Crippen LogP contribution in [0.15, 0.2) is 65.8 Å². The molecule has 0 aliphatic carbocycles. The summed E-state index contributed by atoms with van der Waals surface area (Å²) in [4.78, 5) is 0. The van der Waals surface area contributed by atoms with Crippen molar-refractivity contribution in [3.05, 3.63) is 81.2 Å². The summed E-state index contributed by atoms with van der Waals surface area (Å²) in [7, 11) is 0. The normalized spacial score (nSPS) is 10.9. The van der Waals surface area contributed by atoms with E-state index in [0.717, 1.165) is 28.3 Å². The predicted molar refractivity (Wildman–Crippen MR) is 121 cm³/mol. The molecule has 0 spiro atoms. The monoisotopic (exact) mass is 474 g/mol. The van der Waals surface area contributed by atoms with Gasteiger partial charge in [0, 0.05) is 31.9 Å². The van der Waals surface area contributed by atoms with Crippen LogP contribution in [0.2, 0.25) is 0 Å². The lowest BCUT2D eigenvalue weighted by atomic mass is 10.2. The fraction of sp³-hybridized carbons (Fsp3) is 0.100. The van der Waals surface area contributed by atoms with Crippen LogP contribution in [0.3, 0.4) is 0 Å². The molecule has 0 aliphatic heterocycles. The molecule has 1 aromatic heterocycles. The Hall–Kier alpha value is -2.19. The second kappa shape index (κ2) is 8.46. The van der Waals surface area contributed by atoms with Crippen molar-refractivity contribution in [2.45, 2.75) is 13.8 Å². The van der Waals surface area contributed by atoms with Crippen LogP contribution < -0.4 is 10.7 Å². The molecule has 26 heavy (non-hydrogen) atoms. The van der Waals surface area contributed by atoms with E-state index in [0.29, 0.717) is 5.11 Å². The standard InChI is InChI=1S/C20H19IN4S/c1-14-12-16(15(2)25(14)19-10-8-17(21)9-11-19)13-22-24-20(26)23-18-6-4-3-5-7-18/h3-13H,1-2H3,(H2,23,24,26)/b22-13-. The number of aromatic nitrogens is 1. The number of para-hydroxylation sites is 1. The number of benzene rings is 2. The third kappa shape index (κ3) is 4.50. The number of rotatable bonds is 4. The summed E-state index contributed by atoms with van der Waals surface area (Å²) in [5.41, 5.74) is 8.29. The molecule has 1 heterocycles. The first-order valence-corrected chi connectivity index (χ1v) is 9.63. The predicted octanol–water partition coefficient (Wildman–Crippen LogP) is 5.02. The Morgan fingerprint density at radius 1 is 1.08 bits per heavy atom. The molecule has 0 saturated carbocycles. The number of halogens is 1. The fourth-order valence-electron chi connectivity index (χ4n) is 2.75. The molecule has 0 fully saturated rings. The van der Waals surface area contributed by atoms with Crippen molar-refractivity contribution in [2.24, 2.45) is 5.10 Å². The van der Waals surface area contributed by atoms with Crippen molar-refractivity contribution in [1.29, 1.82) is 0 Å².